The highest BCUT2D eigenvalue weighted by molar-refractivity contribution is 7.18. The van der Waals surface area contributed by atoms with Gasteiger partial charge < -0.3 is 9.73 Å². The first-order valence-corrected chi connectivity index (χ1v) is 10.0. The second-order valence-electron chi connectivity index (χ2n) is 6.93. The summed E-state index contributed by atoms with van der Waals surface area (Å²) in [5, 5.41) is 15.9. The van der Waals surface area contributed by atoms with Crippen LogP contribution in [-0.2, 0) is 0 Å². The zero-order chi connectivity index (χ0) is 20.0. The average Bonchev–Trinajstić information content (AvgIpc) is 3.19. The molecule has 3 aromatic carbocycles. The van der Waals surface area contributed by atoms with Gasteiger partial charge in [0.2, 0.25) is 5.13 Å². The van der Waals surface area contributed by atoms with E-state index in [0.29, 0.717) is 21.3 Å². The number of anilines is 2. The van der Waals surface area contributed by atoms with Crippen LogP contribution >= 0.6 is 11.3 Å². The van der Waals surface area contributed by atoms with E-state index in [0.717, 1.165) is 27.4 Å². The Morgan fingerprint density at radius 3 is 2.69 bits per heavy atom. The van der Waals surface area contributed by atoms with Crippen molar-refractivity contribution in [3.8, 4) is 10.6 Å². The van der Waals surface area contributed by atoms with Crippen LogP contribution in [0.15, 0.2) is 69.9 Å². The molecule has 0 aliphatic rings. The maximum Gasteiger partial charge on any atom is 0.346 e. The second-order valence-corrected chi connectivity index (χ2v) is 7.91. The van der Waals surface area contributed by atoms with Gasteiger partial charge in [-0.3, -0.25) is 0 Å². The lowest BCUT2D eigenvalue weighted by Gasteiger charge is -2.08. The Morgan fingerprint density at radius 1 is 0.931 bits per heavy atom. The first-order chi connectivity index (χ1) is 14.1. The molecular formula is C23H17N3O2S. The number of aromatic nitrogens is 2. The number of hydrogen-bond acceptors (Lipinski definition) is 6. The van der Waals surface area contributed by atoms with Crippen LogP contribution in [0, 0.1) is 13.8 Å². The summed E-state index contributed by atoms with van der Waals surface area (Å²) >= 11 is 1.33. The molecule has 29 heavy (non-hydrogen) atoms. The monoisotopic (exact) mass is 399 g/mol. The molecule has 0 amide bonds. The smallest absolute Gasteiger partial charge is 0.346 e. The predicted octanol–water partition coefficient (Wildman–Crippen LogP) is 5.83. The fraction of sp³-hybridized carbons (Fsp3) is 0.0870. The molecule has 142 valence electrons. The van der Waals surface area contributed by atoms with Gasteiger partial charge in [-0.15, -0.1) is 10.2 Å². The molecule has 1 N–H and O–H groups in total. The molecule has 2 aromatic heterocycles. The number of hydrogen-bond donors (Lipinski definition) is 1. The second kappa shape index (κ2) is 6.83. The van der Waals surface area contributed by atoms with Crippen molar-refractivity contribution >= 4 is 43.9 Å². The summed E-state index contributed by atoms with van der Waals surface area (Å²) in [6.45, 7) is 4.12. The number of benzene rings is 3. The SMILES string of the molecule is Cc1cccc(Nc2nnc(-c3cc4c(ccc5ccccc54)oc3=O)s2)c1C. The van der Waals surface area contributed by atoms with Gasteiger partial charge in [-0.2, -0.15) is 0 Å². The Balaban J connectivity index is 1.59. The van der Waals surface area contributed by atoms with Crippen LogP contribution in [0.1, 0.15) is 11.1 Å². The van der Waals surface area contributed by atoms with Crippen LogP contribution in [0.2, 0.25) is 0 Å². The van der Waals surface area contributed by atoms with Crippen molar-refractivity contribution in [3.63, 3.8) is 0 Å². The molecule has 0 aliphatic heterocycles. The summed E-state index contributed by atoms with van der Waals surface area (Å²) in [5.41, 5.74) is 3.89. The largest absolute Gasteiger partial charge is 0.422 e. The molecule has 0 aliphatic carbocycles. The van der Waals surface area contributed by atoms with Crippen molar-refractivity contribution in [1.29, 1.82) is 0 Å². The summed E-state index contributed by atoms with van der Waals surface area (Å²) in [7, 11) is 0. The van der Waals surface area contributed by atoms with Crippen LogP contribution in [0.5, 0.6) is 0 Å². The first kappa shape index (κ1) is 17.6. The Bertz CT molecular complexity index is 1440. The van der Waals surface area contributed by atoms with Crippen molar-refractivity contribution in [3.05, 3.63) is 82.2 Å². The fourth-order valence-electron chi connectivity index (χ4n) is 3.40. The molecule has 5 rings (SSSR count). The minimum atomic E-state index is -0.415. The third kappa shape index (κ3) is 3.07. The number of nitrogens with one attached hydrogen (secondary N) is 1. The van der Waals surface area contributed by atoms with E-state index < -0.39 is 5.63 Å². The molecule has 0 bridgehead atoms. The Labute approximate surface area is 170 Å². The van der Waals surface area contributed by atoms with E-state index >= 15 is 0 Å². The number of nitrogens with zero attached hydrogens (tertiary/aromatic N) is 2. The molecule has 6 heteroatoms. The van der Waals surface area contributed by atoms with Crippen LogP contribution in [-0.4, -0.2) is 10.2 Å². The highest BCUT2D eigenvalue weighted by atomic mass is 32.1. The van der Waals surface area contributed by atoms with E-state index in [1.165, 1.54) is 16.9 Å². The summed E-state index contributed by atoms with van der Waals surface area (Å²) in [4.78, 5) is 12.6. The topological polar surface area (TPSA) is 68.0 Å². The zero-order valence-corrected chi connectivity index (χ0v) is 16.7. The van der Waals surface area contributed by atoms with Crippen LogP contribution in [0.25, 0.3) is 32.3 Å². The van der Waals surface area contributed by atoms with Gasteiger partial charge in [0.25, 0.3) is 0 Å². The molecule has 0 fully saturated rings. The molecular weight excluding hydrogens is 382 g/mol. The van der Waals surface area contributed by atoms with Crippen LogP contribution in [0.4, 0.5) is 10.8 Å². The van der Waals surface area contributed by atoms with Crippen molar-refractivity contribution in [2.24, 2.45) is 0 Å². The Kier molecular flexibility index (Phi) is 4.14. The lowest BCUT2D eigenvalue weighted by molar-refractivity contribution is 0.563. The zero-order valence-electron chi connectivity index (χ0n) is 15.9. The van der Waals surface area contributed by atoms with Crippen molar-refractivity contribution < 1.29 is 4.42 Å². The van der Waals surface area contributed by atoms with E-state index in [4.69, 9.17) is 4.42 Å². The van der Waals surface area contributed by atoms with Crippen molar-refractivity contribution in [2.45, 2.75) is 13.8 Å². The minimum absolute atomic E-state index is 0.415. The van der Waals surface area contributed by atoms with E-state index in [2.05, 4.69) is 35.4 Å². The normalized spacial score (nSPS) is 11.2. The van der Waals surface area contributed by atoms with Crippen molar-refractivity contribution in [1.82, 2.24) is 10.2 Å². The third-order valence-electron chi connectivity index (χ3n) is 5.14. The molecule has 2 heterocycles. The molecule has 0 saturated carbocycles. The predicted molar refractivity (Wildman–Crippen MR) is 118 cm³/mol. The van der Waals surface area contributed by atoms with Gasteiger partial charge in [-0.05, 0) is 53.9 Å². The van der Waals surface area contributed by atoms with E-state index in [1.54, 1.807) is 0 Å². The highest BCUT2D eigenvalue weighted by Gasteiger charge is 2.15. The minimum Gasteiger partial charge on any atom is -0.422 e. The Morgan fingerprint density at radius 2 is 1.79 bits per heavy atom. The fourth-order valence-corrected chi connectivity index (χ4v) is 4.16. The standard InChI is InChI=1S/C23H17N3O2S/c1-13-6-5-9-19(14(13)2)24-23-26-25-21(29-23)18-12-17-16-8-4-3-7-15(16)10-11-20(17)28-22(18)27/h3-12H,1-2H3,(H,24,26). The quantitative estimate of drug-likeness (QED) is 0.306. The molecule has 0 saturated heterocycles. The molecule has 0 radical (unpaired) electrons. The molecule has 0 atom stereocenters. The van der Waals surface area contributed by atoms with Gasteiger partial charge in [0, 0.05) is 11.1 Å². The number of aryl methyl sites for hydroxylation is 1. The summed E-state index contributed by atoms with van der Waals surface area (Å²) in [6, 6.07) is 19.7. The average molecular weight is 399 g/mol. The maximum atomic E-state index is 12.6. The molecule has 0 spiro atoms. The lowest BCUT2D eigenvalue weighted by atomic mass is 10.0. The first-order valence-electron chi connectivity index (χ1n) is 9.23. The van der Waals surface area contributed by atoms with E-state index in [9.17, 15) is 4.79 Å². The van der Waals surface area contributed by atoms with Gasteiger partial charge in [0.05, 0.1) is 5.56 Å². The molecule has 5 nitrogen and oxygen atoms in total. The lowest BCUT2D eigenvalue weighted by Crippen LogP contribution is -2.02. The highest BCUT2D eigenvalue weighted by Crippen LogP contribution is 2.31. The van der Waals surface area contributed by atoms with Crippen molar-refractivity contribution in [2.75, 3.05) is 5.32 Å². The van der Waals surface area contributed by atoms with Crippen LogP contribution in [0.3, 0.4) is 0 Å². The van der Waals surface area contributed by atoms with Gasteiger partial charge in [0.15, 0.2) is 5.01 Å². The van der Waals surface area contributed by atoms with Crippen LogP contribution < -0.4 is 10.9 Å². The van der Waals surface area contributed by atoms with Gasteiger partial charge in [0.1, 0.15) is 5.58 Å². The van der Waals surface area contributed by atoms with Gasteiger partial charge in [-0.25, -0.2) is 4.79 Å². The van der Waals surface area contributed by atoms with Gasteiger partial charge >= 0.3 is 5.63 Å². The summed E-state index contributed by atoms with van der Waals surface area (Å²) in [6.07, 6.45) is 0. The molecule has 0 unspecified atom stereocenters. The van der Waals surface area contributed by atoms with E-state index in [1.807, 2.05) is 54.6 Å². The number of rotatable bonds is 3. The Hall–Kier alpha value is -3.51. The van der Waals surface area contributed by atoms with Gasteiger partial charge in [-0.1, -0.05) is 53.8 Å². The van der Waals surface area contributed by atoms with E-state index in [-0.39, 0.29) is 0 Å². The summed E-state index contributed by atoms with van der Waals surface area (Å²) < 4.78 is 5.58. The number of fused-ring (bicyclic) bond motifs is 3. The third-order valence-corrected chi connectivity index (χ3v) is 6.02. The summed E-state index contributed by atoms with van der Waals surface area (Å²) in [5.74, 6) is 0. The maximum absolute atomic E-state index is 12.6. The molecule has 5 aromatic rings.